The van der Waals surface area contributed by atoms with Crippen LogP contribution in [0.25, 0.3) is 0 Å². The number of nitrogens with two attached hydrogens (primary N) is 1. The summed E-state index contributed by atoms with van der Waals surface area (Å²) < 4.78 is 0. The fraction of sp³-hybridized carbons (Fsp3) is 0.818. The Morgan fingerprint density at radius 3 is 1.26 bits per heavy atom. The van der Waals surface area contributed by atoms with Crippen LogP contribution in [0.3, 0.4) is 0 Å². The van der Waals surface area contributed by atoms with Crippen LogP contribution in [0.4, 0.5) is 0 Å². The first-order chi connectivity index (χ1) is 23.2. The second kappa shape index (κ2) is 41.0. The van der Waals surface area contributed by atoms with Gasteiger partial charge >= 0.3 is 0 Å². The van der Waals surface area contributed by atoms with E-state index in [1.54, 1.807) is 0 Å². The van der Waals surface area contributed by atoms with Crippen molar-refractivity contribution in [2.75, 3.05) is 20.1 Å². The highest BCUT2D eigenvalue weighted by atomic mass is 14.9. The number of hydrogen-bond donors (Lipinski definition) is 3. The molecule has 0 fully saturated rings. The van der Waals surface area contributed by atoms with Crippen molar-refractivity contribution in [2.24, 2.45) is 5.73 Å². The quantitative estimate of drug-likeness (QED) is 0.0458. The number of nitrogens with one attached hydrogen (secondary N) is 2. The lowest BCUT2D eigenvalue weighted by atomic mass is 9.99. The lowest BCUT2D eigenvalue weighted by molar-refractivity contribution is 0.391. The normalized spacial score (nSPS) is 13.1. The summed E-state index contributed by atoms with van der Waals surface area (Å²) in [7, 11) is 2.04. The van der Waals surface area contributed by atoms with Gasteiger partial charge in [-0.25, -0.2) is 0 Å². The van der Waals surface area contributed by atoms with Crippen molar-refractivity contribution in [3.8, 4) is 0 Å². The molecule has 0 aromatic rings. The van der Waals surface area contributed by atoms with Crippen LogP contribution in [0.15, 0.2) is 48.6 Å². The lowest BCUT2D eigenvalue weighted by Gasteiger charge is -2.21. The largest absolute Gasteiger partial charge is 0.327 e. The van der Waals surface area contributed by atoms with Crippen molar-refractivity contribution in [1.82, 2.24) is 10.6 Å². The zero-order chi connectivity index (χ0) is 34.1. The molecule has 0 saturated carbocycles. The van der Waals surface area contributed by atoms with E-state index in [1.807, 2.05) is 7.05 Å². The maximum Gasteiger partial charge on any atom is 0.0165 e. The van der Waals surface area contributed by atoms with Crippen LogP contribution in [0, 0.1) is 0 Å². The third-order valence-electron chi connectivity index (χ3n) is 9.43. The van der Waals surface area contributed by atoms with Crippen LogP contribution in [0.5, 0.6) is 0 Å². The SMILES string of the molecule is CCCCC/C=C\C/C=C\CCCCCCCCC(CCCCCCCC/C=C\C/C=C\CCCCC)NCC(N)CCCCNC. The number of unbranched alkanes of at least 4 members (excludes halogenated alkanes) is 19. The molecule has 0 bridgehead atoms. The van der Waals surface area contributed by atoms with Crippen molar-refractivity contribution in [3.05, 3.63) is 48.6 Å². The second-order valence-corrected chi connectivity index (χ2v) is 14.2. The van der Waals surface area contributed by atoms with Crippen molar-refractivity contribution in [2.45, 2.75) is 212 Å². The number of allylic oxidation sites excluding steroid dienone is 8. The minimum atomic E-state index is 0.293. The molecule has 4 N–H and O–H groups in total. The van der Waals surface area contributed by atoms with Crippen LogP contribution in [0.1, 0.15) is 200 Å². The molecular weight excluding hydrogens is 571 g/mol. The van der Waals surface area contributed by atoms with Crippen molar-refractivity contribution in [1.29, 1.82) is 0 Å². The molecule has 0 aromatic carbocycles. The molecule has 0 aromatic heterocycles. The molecule has 0 heterocycles. The van der Waals surface area contributed by atoms with Crippen LogP contribution in [0.2, 0.25) is 0 Å². The summed E-state index contributed by atoms with van der Waals surface area (Å²) in [6.45, 7) is 6.63. The molecule has 0 aliphatic carbocycles. The van der Waals surface area contributed by atoms with Gasteiger partial charge in [-0.1, -0.05) is 159 Å². The first kappa shape index (κ1) is 45.8. The van der Waals surface area contributed by atoms with E-state index >= 15 is 0 Å². The summed E-state index contributed by atoms with van der Waals surface area (Å²) in [6, 6.07) is 0.941. The molecule has 0 aliphatic rings. The summed E-state index contributed by atoms with van der Waals surface area (Å²) in [6.07, 6.45) is 56.9. The topological polar surface area (TPSA) is 50.1 Å². The summed E-state index contributed by atoms with van der Waals surface area (Å²) in [5.41, 5.74) is 6.49. The maximum atomic E-state index is 6.49. The van der Waals surface area contributed by atoms with Crippen molar-refractivity contribution < 1.29 is 0 Å². The van der Waals surface area contributed by atoms with Gasteiger partial charge in [-0.05, 0) is 103 Å². The molecule has 0 saturated heterocycles. The number of hydrogen-bond acceptors (Lipinski definition) is 3. The van der Waals surface area contributed by atoms with Gasteiger partial charge in [-0.3, -0.25) is 0 Å². The van der Waals surface area contributed by atoms with Gasteiger partial charge in [-0.15, -0.1) is 0 Å². The summed E-state index contributed by atoms with van der Waals surface area (Å²) in [5, 5.41) is 7.15. The van der Waals surface area contributed by atoms with Crippen molar-refractivity contribution >= 4 is 0 Å². The third kappa shape index (κ3) is 39.2. The minimum absolute atomic E-state index is 0.293. The Kier molecular flexibility index (Phi) is 40.0. The van der Waals surface area contributed by atoms with Gasteiger partial charge in [-0.2, -0.15) is 0 Å². The van der Waals surface area contributed by atoms with Gasteiger partial charge in [0.2, 0.25) is 0 Å². The van der Waals surface area contributed by atoms with Crippen LogP contribution < -0.4 is 16.4 Å². The van der Waals surface area contributed by atoms with E-state index in [0.717, 1.165) is 32.4 Å². The van der Waals surface area contributed by atoms with Gasteiger partial charge in [0, 0.05) is 18.6 Å². The summed E-state index contributed by atoms with van der Waals surface area (Å²) in [5.74, 6) is 0. The Hall–Kier alpha value is -1.16. The highest BCUT2D eigenvalue weighted by Gasteiger charge is 2.10. The third-order valence-corrected chi connectivity index (χ3v) is 9.43. The van der Waals surface area contributed by atoms with Gasteiger partial charge in [0.05, 0.1) is 0 Å². The molecule has 0 rings (SSSR count). The van der Waals surface area contributed by atoms with Crippen LogP contribution in [-0.2, 0) is 0 Å². The van der Waals surface area contributed by atoms with E-state index in [0.29, 0.717) is 12.1 Å². The molecule has 0 radical (unpaired) electrons. The molecule has 3 nitrogen and oxygen atoms in total. The van der Waals surface area contributed by atoms with Crippen molar-refractivity contribution in [3.63, 3.8) is 0 Å². The zero-order valence-corrected chi connectivity index (χ0v) is 32.3. The fourth-order valence-electron chi connectivity index (χ4n) is 6.23. The first-order valence-electron chi connectivity index (χ1n) is 21.0. The van der Waals surface area contributed by atoms with Gasteiger partial charge in [0.15, 0.2) is 0 Å². The fourth-order valence-corrected chi connectivity index (χ4v) is 6.23. The van der Waals surface area contributed by atoms with E-state index in [1.165, 1.54) is 167 Å². The van der Waals surface area contributed by atoms with Gasteiger partial charge in [0.25, 0.3) is 0 Å². The minimum Gasteiger partial charge on any atom is -0.327 e. The molecule has 0 aliphatic heterocycles. The Morgan fingerprint density at radius 2 is 0.830 bits per heavy atom. The summed E-state index contributed by atoms with van der Waals surface area (Å²) >= 11 is 0. The van der Waals surface area contributed by atoms with E-state index in [-0.39, 0.29) is 0 Å². The van der Waals surface area contributed by atoms with Gasteiger partial charge < -0.3 is 16.4 Å². The molecule has 1 unspecified atom stereocenters. The van der Waals surface area contributed by atoms with Gasteiger partial charge in [0.1, 0.15) is 0 Å². The van der Waals surface area contributed by atoms with E-state index < -0.39 is 0 Å². The highest BCUT2D eigenvalue weighted by molar-refractivity contribution is 4.93. The average Bonchev–Trinajstić information content (AvgIpc) is 3.08. The first-order valence-corrected chi connectivity index (χ1v) is 21.0. The zero-order valence-electron chi connectivity index (χ0n) is 32.3. The smallest absolute Gasteiger partial charge is 0.0165 e. The second-order valence-electron chi connectivity index (χ2n) is 14.2. The Bertz CT molecular complexity index is 646. The standard InChI is InChI=1S/C44H85N3/c1-4-6-8-10-12-14-16-18-20-22-24-26-28-30-32-34-39-44(47-42-43(45)38-36-37-41-46-3)40-35-33-31-29-27-25-23-21-19-17-15-13-11-9-7-5-2/h12-15,18-21,43-44,46-47H,4-11,16-17,22-42,45H2,1-3H3/b14-12-,15-13-,20-18-,21-19-. The Labute approximate surface area is 296 Å². The highest BCUT2D eigenvalue weighted by Crippen LogP contribution is 2.16. The Morgan fingerprint density at radius 1 is 0.447 bits per heavy atom. The summed E-state index contributed by atoms with van der Waals surface area (Å²) in [4.78, 5) is 0. The average molecular weight is 656 g/mol. The molecule has 47 heavy (non-hydrogen) atoms. The van der Waals surface area contributed by atoms with Crippen LogP contribution >= 0.6 is 0 Å². The molecule has 276 valence electrons. The van der Waals surface area contributed by atoms with E-state index in [4.69, 9.17) is 5.73 Å². The predicted octanol–water partition coefficient (Wildman–Crippen LogP) is 13.1. The van der Waals surface area contributed by atoms with E-state index in [9.17, 15) is 0 Å². The molecule has 3 heteroatoms. The molecule has 0 spiro atoms. The molecule has 0 amide bonds. The monoisotopic (exact) mass is 656 g/mol. The molecule has 1 atom stereocenters. The number of rotatable bonds is 38. The van der Waals surface area contributed by atoms with E-state index in [2.05, 4.69) is 73.1 Å². The van der Waals surface area contributed by atoms with Crippen LogP contribution in [-0.4, -0.2) is 32.2 Å². The Balaban J connectivity index is 4.03. The molecular formula is C44H85N3. The maximum absolute atomic E-state index is 6.49. The predicted molar refractivity (Wildman–Crippen MR) is 215 cm³/mol. The lowest BCUT2D eigenvalue weighted by Crippen LogP contribution is -2.39.